The molecule has 0 radical (unpaired) electrons. The van der Waals surface area contributed by atoms with Crippen molar-refractivity contribution in [2.24, 2.45) is 11.7 Å². The second-order valence-corrected chi connectivity index (χ2v) is 6.19. The molecule has 0 bridgehead atoms. The summed E-state index contributed by atoms with van der Waals surface area (Å²) in [5.41, 5.74) is 9.04. The minimum Gasteiger partial charge on any atom is -0.383 e. The first-order valence-corrected chi connectivity index (χ1v) is 7.65. The van der Waals surface area contributed by atoms with Gasteiger partial charge in [-0.2, -0.15) is 0 Å². The zero-order valence-corrected chi connectivity index (χ0v) is 13.1. The summed E-state index contributed by atoms with van der Waals surface area (Å²) < 4.78 is 5.52. The van der Waals surface area contributed by atoms with Crippen molar-refractivity contribution in [3.63, 3.8) is 0 Å². The Kier molecular flexibility index (Phi) is 5.19. The average molecular weight is 276 g/mol. The summed E-state index contributed by atoms with van der Waals surface area (Å²) in [6.45, 7) is 7.91. The van der Waals surface area contributed by atoms with Crippen LogP contribution in [0.15, 0.2) is 24.3 Å². The smallest absolute Gasteiger partial charge is 0.0661 e. The fraction of sp³-hybridized carbons (Fsp3) is 0.647. The molecule has 0 aliphatic carbocycles. The molecule has 3 nitrogen and oxygen atoms in total. The number of benzene rings is 1. The Balaban J connectivity index is 2.30. The van der Waals surface area contributed by atoms with E-state index in [-0.39, 0.29) is 5.54 Å². The summed E-state index contributed by atoms with van der Waals surface area (Å²) in [5, 5.41) is 0. The van der Waals surface area contributed by atoms with Crippen LogP contribution in [0.1, 0.15) is 31.4 Å². The van der Waals surface area contributed by atoms with E-state index in [9.17, 15) is 0 Å². The monoisotopic (exact) mass is 276 g/mol. The van der Waals surface area contributed by atoms with E-state index < -0.39 is 0 Å². The molecule has 1 aromatic rings. The molecule has 3 heteroatoms. The lowest BCUT2D eigenvalue weighted by Gasteiger charge is -2.46. The molecule has 0 aromatic heterocycles. The van der Waals surface area contributed by atoms with Gasteiger partial charge in [-0.25, -0.2) is 0 Å². The second kappa shape index (κ2) is 6.70. The number of hydrogen-bond donors (Lipinski definition) is 1. The summed E-state index contributed by atoms with van der Waals surface area (Å²) in [6, 6.07) is 8.79. The van der Waals surface area contributed by atoms with Gasteiger partial charge in [0, 0.05) is 20.2 Å². The Morgan fingerprint density at radius 2 is 2.00 bits per heavy atom. The first-order chi connectivity index (χ1) is 9.64. The van der Waals surface area contributed by atoms with Crippen molar-refractivity contribution in [1.82, 2.24) is 4.90 Å². The van der Waals surface area contributed by atoms with Gasteiger partial charge >= 0.3 is 0 Å². The van der Waals surface area contributed by atoms with Gasteiger partial charge in [-0.3, -0.25) is 4.90 Å². The Morgan fingerprint density at radius 3 is 2.60 bits per heavy atom. The van der Waals surface area contributed by atoms with Crippen LogP contribution in [-0.4, -0.2) is 37.2 Å². The second-order valence-electron chi connectivity index (χ2n) is 6.19. The highest BCUT2D eigenvalue weighted by atomic mass is 16.5. The highest BCUT2D eigenvalue weighted by Gasteiger charge is 2.39. The van der Waals surface area contributed by atoms with Gasteiger partial charge in [0.05, 0.1) is 12.1 Å². The molecule has 1 unspecified atom stereocenters. The Labute approximate surface area is 123 Å². The fourth-order valence-corrected chi connectivity index (χ4v) is 3.38. The number of fused-ring (bicyclic) bond motifs is 1. The van der Waals surface area contributed by atoms with Gasteiger partial charge in [0.2, 0.25) is 0 Å². The molecule has 1 heterocycles. The Bertz CT molecular complexity index is 433. The molecule has 2 rings (SSSR count). The van der Waals surface area contributed by atoms with Crippen LogP contribution >= 0.6 is 0 Å². The standard InChI is InChI=1S/C17H28N2O/c1-14(2)17(12-18,13-20-3)19-10-6-9-15-7-4-5-8-16(15)11-19/h4-5,7-8,14H,6,9-13,18H2,1-3H3. The predicted molar refractivity (Wildman–Crippen MR) is 83.7 cm³/mol. The first-order valence-electron chi connectivity index (χ1n) is 7.65. The number of ether oxygens (including phenoxy) is 1. The van der Waals surface area contributed by atoms with E-state index in [2.05, 4.69) is 43.0 Å². The molecule has 112 valence electrons. The van der Waals surface area contributed by atoms with E-state index in [0.717, 1.165) is 13.1 Å². The van der Waals surface area contributed by atoms with Crippen molar-refractivity contribution in [3.8, 4) is 0 Å². The summed E-state index contributed by atoms with van der Waals surface area (Å²) in [6.07, 6.45) is 2.35. The summed E-state index contributed by atoms with van der Waals surface area (Å²) in [5.74, 6) is 0.470. The van der Waals surface area contributed by atoms with Crippen LogP contribution in [0.2, 0.25) is 0 Å². The van der Waals surface area contributed by atoms with Gasteiger partial charge in [-0.05, 0) is 36.4 Å². The summed E-state index contributed by atoms with van der Waals surface area (Å²) in [4.78, 5) is 2.55. The van der Waals surface area contributed by atoms with E-state index >= 15 is 0 Å². The summed E-state index contributed by atoms with van der Waals surface area (Å²) in [7, 11) is 1.78. The third-order valence-electron chi connectivity index (χ3n) is 4.81. The summed E-state index contributed by atoms with van der Waals surface area (Å²) >= 11 is 0. The number of nitrogens with zero attached hydrogens (tertiary/aromatic N) is 1. The molecule has 1 aromatic carbocycles. The predicted octanol–water partition coefficient (Wildman–Crippen LogP) is 2.43. The maximum Gasteiger partial charge on any atom is 0.0661 e. The van der Waals surface area contributed by atoms with Crippen LogP contribution in [-0.2, 0) is 17.7 Å². The fourth-order valence-electron chi connectivity index (χ4n) is 3.38. The molecule has 20 heavy (non-hydrogen) atoms. The molecular weight excluding hydrogens is 248 g/mol. The van der Waals surface area contributed by atoms with Gasteiger partial charge < -0.3 is 10.5 Å². The van der Waals surface area contributed by atoms with Gasteiger partial charge in [-0.15, -0.1) is 0 Å². The molecule has 1 aliphatic rings. The number of aryl methyl sites for hydroxylation is 1. The van der Waals surface area contributed by atoms with Crippen molar-refractivity contribution >= 4 is 0 Å². The zero-order valence-electron chi connectivity index (χ0n) is 13.1. The third-order valence-corrected chi connectivity index (χ3v) is 4.81. The number of nitrogens with two attached hydrogens (primary N) is 1. The molecule has 0 fully saturated rings. The lowest BCUT2D eigenvalue weighted by molar-refractivity contribution is -0.0207. The minimum atomic E-state index is -0.0633. The average Bonchev–Trinajstić information content (AvgIpc) is 2.66. The quantitative estimate of drug-likeness (QED) is 0.897. The molecular formula is C17H28N2O. The minimum absolute atomic E-state index is 0.0633. The van der Waals surface area contributed by atoms with Crippen LogP contribution in [0.3, 0.4) is 0 Å². The van der Waals surface area contributed by atoms with Crippen molar-refractivity contribution < 1.29 is 4.74 Å². The largest absolute Gasteiger partial charge is 0.383 e. The lowest BCUT2D eigenvalue weighted by atomic mass is 9.84. The Morgan fingerprint density at radius 1 is 1.30 bits per heavy atom. The van der Waals surface area contributed by atoms with Crippen molar-refractivity contribution in [3.05, 3.63) is 35.4 Å². The van der Waals surface area contributed by atoms with Crippen LogP contribution in [0.4, 0.5) is 0 Å². The Hall–Kier alpha value is -0.900. The maximum atomic E-state index is 6.17. The molecule has 2 N–H and O–H groups in total. The molecule has 0 saturated heterocycles. The highest BCUT2D eigenvalue weighted by molar-refractivity contribution is 5.28. The van der Waals surface area contributed by atoms with Gasteiger partial charge in [0.15, 0.2) is 0 Å². The van der Waals surface area contributed by atoms with E-state index in [0.29, 0.717) is 19.1 Å². The number of hydrogen-bond acceptors (Lipinski definition) is 3. The molecule has 0 amide bonds. The van der Waals surface area contributed by atoms with Gasteiger partial charge in [-0.1, -0.05) is 38.1 Å². The highest BCUT2D eigenvalue weighted by Crippen LogP contribution is 2.30. The SMILES string of the molecule is COCC(CN)(C(C)C)N1CCCc2ccccc2C1. The molecule has 0 saturated carbocycles. The molecule has 1 aliphatic heterocycles. The number of methoxy groups -OCH3 is 1. The lowest BCUT2D eigenvalue weighted by Crippen LogP contribution is -2.60. The van der Waals surface area contributed by atoms with Crippen molar-refractivity contribution in [1.29, 1.82) is 0 Å². The van der Waals surface area contributed by atoms with Gasteiger partial charge in [0.25, 0.3) is 0 Å². The third kappa shape index (κ3) is 2.90. The number of rotatable bonds is 5. The molecule has 0 spiro atoms. The maximum absolute atomic E-state index is 6.17. The van der Waals surface area contributed by atoms with Crippen molar-refractivity contribution in [2.45, 2.75) is 38.8 Å². The van der Waals surface area contributed by atoms with Crippen LogP contribution in [0, 0.1) is 5.92 Å². The van der Waals surface area contributed by atoms with Crippen LogP contribution in [0.25, 0.3) is 0 Å². The van der Waals surface area contributed by atoms with E-state index in [1.54, 1.807) is 7.11 Å². The van der Waals surface area contributed by atoms with Gasteiger partial charge in [0.1, 0.15) is 0 Å². The van der Waals surface area contributed by atoms with E-state index in [1.807, 2.05) is 0 Å². The van der Waals surface area contributed by atoms with E-state index in [1.165, 1.54) is 24.0 Å². The van der Waals surface area contributed by atoms with Crippen LogP contribution in [0.5, 0.6) is 0 Å². The van der Waals surface area contributed by atoms with Crippen LogP contribution < -0.4 is 5.73 Å². The van der Waals surface area contributed by atoms with Crippen molar-refractivity contribution in [2.75, 3.05) is 26.8 Å². The van der Waals surface area contributed by atoms with E-state index in [4.69, 9.17) is 10.5 Å². The molecule has 1 atom stereocenters. The zero-order chi connectivity index (χ0) is 14.6. The normalized spacial score (nSPS) is 19.4. The topological polar surface area (TPSA) is 38.5 Å². The first kappa shape index (κ1) is 15.5.